The maximum atomic E-state index is 13.6. The summed E-state index contributed by atoms with van der Waals surface area (Å²) >= 11 is 0. The molecule has 6 nitrogen and oxygen atoms in total. The number of pyridine rings is 1. The van der Waals surface area contributed by atoms with Gasteiger partial charge < -0.3 is 19.4 Å². The van der Waals surface area contributed by atoms with Crippen molar-refractivity contribution in [2.24, 2.45) is 0 Å². The number of hydrogen-bond acceptors (Lipinski definition) is 4. The lowest BCUT2D eigenvalue weighted by atomic mass is 9.95. The Hall–Kier alpha value is -3.45. The lowest BCUT2D eigenvalue weighted by molar-refractivity contribution is 0.0505. The van der Waals surface area contributed by atoms with E-state index in [0.717, 1.165) is 60.9 Å². The fourth-order valence-corrected chi connectivity index (χ4v) is 4.96. The van der Waals surface area contributed by atoms with E-state index in [0.29, 0.717) is 25.4 Å². The van der Waals surface area contributed by atoms with Crippen LogP contribution in [0.25, 0.3) is 0 Å². The molecule has 0 spiro atoms. The predicted octanol–water partition coefficient (Wildman–Crippen LogP) is 4.79. The average molecular weight is 491 g/mol. The summed E-state index contributed by atoms with van der Waals surface area (Å²) in [5.41, 5.74) is 3.59. The molecule has 1 aliphatic carbocycles. The quantitative estimate of drug-likeness (QED) is 0.493. The largest absolute Gasteiger partial charge is 0.489 e. The number of ether oxygens (including phenoxy) is 2. The summed E-state index contributed by atoms with van der Waals surface area (Å²) in [6.45, 7) is 1.76. The third kappa shape index (κ3) is 5.85. The lowest BCUT2D eigenvalue weighted by Gasteiger charge is -2.26. The van der Waals surface area contributed by atoms with Crippen LogP contribution in [0.2, 0.25) is 0 Å². The van der Waals surface area contributed by atoms with Gasteiger partial charge in [-0.3, -0.25) is 9.59 Å². The monoisotopic (exact) mass is 490 g/mol. The first kappa shape index (κ1) is 24.3. The van der Waals surface area contributed by atoms with E-state index in [4.69, 9.17) is 9.47 Å². The van der Waals surface area contributed by atoms with Gasteiger partial charge in [0.15, 0.2) is 0 Å². The normalized spacial score (nSPS) is 17.0. The third-order valence-electron chi connectivity index (χ3n) is 6.90. The fourth-order valence-electron chi connectivity index (χ4n) is 4.96. The smallest absolute Gasteiger partial charge is 0.261 e. The van der Waals surface area contributed by atoms with Gasteiger partial charge in [-0.05, 0) is 85.5 Å². The predicted molar refractivity (Wildman–Crippen MR) is 135 cm³/mol. The summed E-state index contributed by atoms with van der Waals surface area (Å²) in [5, 5.41) is 0. The summed E-state index contributed by atoms with van der Waals surface area (Å²) < 4.78 is 25.0. The van der Waals surface area contributed by atoms with Crippen LogP contribution in [-0.4, -0.2) is 35.0 Å². The van der Waals surface area contributed by atoms with Gasteiger partial charge in [0.1, 0.15) is 23.7 Å². The molecule has 1 unspecified atom stereocenters. The molecule has 1 amide bonds. The molecule has 0 saturated carbocycles. The topological polar surface area (TPSA) is 71.6 Å². The maximum Gasteiger partial charge on any atom is 0.261 e. The molecule has 1 saturated heterocycles. The number of rotatable bonds is 8. The van der Waals surface area contributed by atoms with Crippen molar-refractivity contribution in [3.05, 3.63) is 98.7 Å². The van der Waals surface area contributed by atoms with Gasteiger partial charge in [0.25, 0.3) is 11.5 Å². The molecular formula is C29H31FN2O4. The van der Waals surface area contributed by atoms with Crippen LogP contribution in [0.4, 0.5) is 4.39 Å². The number of aromatic amines is 1. The second-order valence-electron chi connectivity index (χ2n) is 9.61. The number of fused-ring (bicyclic) bond motifs is 1. The number of hydrogen-bond donors (Lipinski definition) is 1. The summed E-state index contributed by atoms with van der Waals surface area (Å²) in [6.07, 6.45) is 5.71. The Balaban J connectivity index is 1.31. The minimum atomic E-state index is -0.320. The number of halogens is 1. The third-order valence-corrected chi connectivity index (χ3v) is 6.90. The van der Waals surface area contributed by atoms with Crippen molar-refractivity contribution in [2.75, 3.05) is 13.2 Å². The van der Waals surface area contributed by atoms with Crippen LogP contribution in [0.15, 0.2) is 59.4 Å². The SMILES string of the molecule is O=C(c1cc2c([nH]c1=O)CCCC2)N(Cc1ccc(OCc2cccc(F)c2)cc1)CC1CCCO1. The van der Waals surface area contributed by atoms with Gasteiger partial charge >= 0.3 is 0 Å². The first-order chi connectivity index (χ1) is 17.5. The molecule has 7 heteroatoms. The molecule has 3 aromatic rings. The second-order valence-corrected chi connectivity index (χ2v) is 9.61. The van der Waals surface area contributed by atoms with Crippen molar-refractivity contribution in [3.63, 3.8) is 0 Å². The van der Waals surface area contributed by atoms with Crippen LogP contribution >= 0.6 is 0 Å². The highest BCUT2D eigenvalue weighted by Crippen LogP contribution is 2.22. The summed E-state index contributed by atoms with van der Waals surface area (Å²) in [6, 6.07) is 15.6. The van der Waals surface area contributed by atoms with Gasteiger partial charge in [0, 0.05) is 25.4 Å². The minimum Gasteiger partial charge on any atom is -0.489 e. The Morgan fingerprint density at radius 2 is 1.89 bits per heavy atom. The van der Waals surface area contributed by atoms with Gasteiger partial charge in [-0.15, -0.1) is 0 Å². The number of carbonyl (C=O) groups is 1. The Labute approximate surface area is 210 Å². The maximum absolute atomic E-state index is 13.6. The first-order valence-corrected chi connectivity index (χ1v) is 12.7. The zero-order chi connectivity index (χ0) is 24.9. The van der Waals surface area contributed by atoms with Gasteiger partial charge in [0.05, 0.1) is 6.10 Å². The molecule has 2 heterocycles. The van der Waals surface area contributed by atoms with Crippen molar-refractivity contribution in [1.29, 1.82) is 0 Å². The molecule has 0 bridgehead atoms. The molecule has 5 rings (SSSR count). The van der Waals surface area contributed by atoms with E-state index >= 15 is 0 Å². The van der Waals surface area contributed by atoms with Crippen molar-refractivity contribution in [2.45, 2.75) is 57.8 Å². The Morgan fingerprint density at radius 3 is 2.67 bits per heavy atom. The fraction of sp³-hybridized carbons (Fsp3) is 0.379. The molecule has 2 aliphatic rings. The standard InChI is InChI=1S/C29H31FN2O4/c30-23-7-3-5-21(15-23)19-36-24-12-10-20(11-13-24)17-32(18-25-8-4-14-35-25)29(34)26-16-22-6-1-2-9-27(22)31-28(26)33/h3,5,7,10-13,15-16,25H,1-2,4,6,8-9,14,17-19H2,(H,31,33). The zero-order valence-corrected chi connectivity index (χ0v) is 20.3. The van der Waals surface area contributed by atoms with Crippen LogP contribution in [0.5, 0.6) is 5.75 Å². The number of amides is 1. The molecule has 1 aliphatic heterocycles. The minimum absolute atomic E-state index is 0.0282. The van der Waals surface area contributed by atoms with Crippen molar-refractivity contribution >= 4 is 5.91 Å². The molecule has 2 aromatic carbocycles. The number of carbonyl (C=O) groups excluding carboxylic acids is 1. The second kappa shape index (κ2) is 11.1. The van der Waals surface area contributed by atoms with E-state index in [-0.39, 0.29) is 35.6 Å². The van der Waals surface area contributed by atoms with Gasteiger partial charge in [-0.1, -0.05) is 24.3 Å². The van der Waals surface area contributed by atoms with E-state index in [1.54, 1.807) is 17.0 Å². The number of nitrogens with zero attached hydrogens (tertiary/aromatic N) is 1. The number of H-pyrrole nitrogens is 1. The summed E-state index contributed by atoms with van der Waals surface area (Å²) in [7, 11) is 0. The Morgan fingerprint density at radius 1 is 1.06 bits per heavy atom. The summed E-state index contributed by atoms with van der Waals surface area (Å²) in [5.74, 6) is 0.0953. The lowest BCUT2D eigenvalue weighted by Crippen LogP contribution is -2.39. The van der Waals surface area contributed by atoms with Crippen LogP contribution in [-0.2, 0) is 30.7 Å². The molecule has 1 fully saturated rings. The average Bonchev–Trinajstić information content (AvgIpc) is 3.40. The molecule has 0 radical (unpaired) electrons. The van der Waals surface area contributed by atoms with Gasteiger partial charge in [-0.25, -0.2) is 4.39 Å². The molecule has 1 N–H and O–H groups in total. The number of aromatic nitrogens is 1. The van der Waals surface area contributed by atoms with E-state index in [1.807, 2.05) is 30.3 Å². The van der Waals surface area contributed by atoms with Crippen molar-refractivity contribution in [1.82, 2.24) is 9.88 Å². The first-order valence-electron chi connectivity index (χ1n) is 12.7. The number of nitrogens with one attached hydrogen (secondary N) is 1. The Kier molecular flexibility index (Phi) is 7.47. The molecule has 1 aromatic heterocycles. The highest BCUT2D eigenvalue weighted by molar-refractivity contribution is 5.94. The zero-order valence-electron chi connectivity index (χ0n) is 20.3. The van der Waals surface area contributed by atoms with E-state index in [1.165, 1.54) is 12.1 Å². The number of aryl methyl sites for hydroxylation is 2. The molecule has 188 valence electrons. The van der Waals surface area contributed by atoms with Crippen molar-refractivity contribution < 1.29 is 18.7 Å². The van der Waals surface area contributed by atoms with Gasteiger partial charge in [0.2, 0.25) is 0 Å². The van der Waals surface area contributed by atoms with Crippen LogP contribution in [0, 0.1) is 5.82 Å². The summed E-state index contributed by atoms with van der Waals surface area (Å²) in [4.78, 5) is 31.1. The highest BCUT2D eigenvalue weighted by atomic mass is 19.1. The van der Waals surface area contributed by atoms with E-state index in [2.05, 4.69) is 4.98 Å². The van der Waals surface area contributed by atoms with Crippen LogP contribution < -0.4 is 10.3 Å². The Bertz CT molecular complexity index is 1270. The van der Waals surface area contributed by atoms with E-state index < -0.39 is 0 Å². The van der Waals surface area contributed by atoms with Crippen LogP contribution in [0.3, 0.4) is 0 Å². The van der Waals surface area contributed by atoms with Gasteiger partial charge in [-0.2, -0.15) is 0 Å². The van der Waals surface area contributed by atoms with E-state index in [9.17, 15) is 14.0 Å². The van der Waals surface area contributed by atoms with Crippen molar-refractivity contribution in [3.8, 4) is 5.75 Å². The molecule has 1 atom stereocenters. The van der Waals surface area contributed by atoms with Crippen LogP contribution in [0.1, 0.15) is 58.4 Å². The molecular weight excluding hydrogens is 459 g/mol. The molecule has 36 heavy (non-hydrogen) atoms. The highest BCUT2D eigenvalue weighted by Gasteiger charge is 2.26. The number of benzene rings is 2.